The fourth-order valence-corrected chi connectivity index (χ4v) is 4.48. The molecule has 1 aromatic carbocycles. The predicted octanol–water partition coefficient (Wildman–Crippen LogP) is 2.69. The predicted molar refractivity (Wildman–Crippen MR) is 85.0 cm³/mol. The van der Waals surface area contributed by atoms with Gasteiger partial charge in [0.05, 0.1) is 4.83 Å². The normalized spacial score (nSPS) is 22.6. The Hall–Kier alpha value is -0.430. The highest BCUT2D eigenvalue weighted by Gasteiger charge is 2.27. The van der Waals surface area contributed by atoms with Crippen molar-refractivity contribution in [1.29, 1.82) is 0 Å². The Labute approximate surface area is 129 Å². The number of rotatable bonds is 5. The molecule has 2 atom stereocenters. The molecule has 1 aliphatic heterocycles. The molecule has 2 rings (SSSR count). The Morgan fingerprint density at radius 3 is 2.75 bits per heavy atom. The van der Waals surface area contributed by atoms with Crippen LogP contribution in [-0.4, -0.2) is 32.4 Å². The highest BCUT2D eigenvalue weighted by Crippen LogP contribution is 2.22. The second-order valence-electron chi connectivity index (χ2n) is 5.34. The summed E-state index contributed by atoms with van der Waals surface area (Å²) in [4.78, 5) is -0.0133. The monoisotopic (exact) mass is 360 g/mol. The smallest absolute Gasteiger partial charge is 0.201 e. The maximum atomic E-state index is 12.3. The van der Waals surface area contributed by atoms with Crippen LogP contribution in [0.25, 0.3) is 0 Å². The van der Waals surface area contributed by atoms with Gasteiger partial charge in [-0.25, -0.2) is 4.72 Å². The number of piperidine rings is 1. The van der Waals surface area contributed by atoms with Gasteiger partial charge in [-0.05, 0) is 24.3 Å². The Kier molecular flexibility index (Phi) is 5.60. The molecule has 0 bridgehead atoms. The molecule has 0 aromatic heterocycles. The Morgan fingerprint density at radius 1 is 1.40 bits per heavy atom. The number of nitrogens with one attached hydrogen (secondary N) is 1. The summed E-state index contributed by atoms with van der Waals surface area (Å²) < 4.78 is 28.8. The van der Waals surface area contributed by atoms with Crippen LogP contribution in [0.1, 0.15) is 30.2 Å². The van der Waals surface area contributed by atoms with Crippen LogP contribution in [0.2, 0.25) is 0 Å². The minimum absolute atomic E-state index is 0.0133. The molecule has 0 amide bonds. The molecule has 1 heterocycles. The van der Waals surface area contributed by atoms with Gasteiger partial charge in [0.2, 0.25) is 0 Å². The quantitative estimate of drug-likeness (QED) is 0.820. The van der Waals surface area contributed by atoms with Crippen LogP contribution >= 0.6 is 15.9 Å². The summed E-state index contributed by atoms with van der Waals surface area (Å²) in [5.41, 5.74) is 1.07. The molecule has 0 saturated carbocycles. The molecule has 6 heteroatoms. The van der Waals surface area contributed by atoms with Crippen LogP contribution in [0.4, 0.5) is 0 Å². The highest BCUT2D eigenvalue weighted by molar-refractivity contribution is 9.09. The first-order valence-corrected chi connectivity index (χ1v) is 9.28. The molecule has 2 unspecified atom stereocenters. The van der Waals surface area contributed by atoms with Crippen molar-refractivity contribution in [3.63, 3.8) is 0 Å². The minimum atomic E-state index is -3.37. The van der Waals surface area contributed by atoms with Gasteiger partial charge < -0.3 is 0 Å². The number of hydrogen-bond acceptors (Lipinski definition) is 2. The van der Waals surface area contributed by atoms with Gasteiger partial charge in [-0.15, -0.1) is 0 Å². The molecule has 20 heavy (non-hydrogen) atoms. The van der Waals surface area contributed by atoms with Crippen molar-refractivity contribution < 1.29 is 8.42 Å². The molecule has 1 aromatic rings. The molecule has 0 radical (unpaired) electrons. The van der Waals surface area contributed by atoms with Crippen LogP contribution in [-0.2, 0) is 10.2 Å². The van der Waals surface area contributed by atoms with Gasteiger partial charge in [-0.1, -0.05) is 53.2 Å². The number of hydrogen-bond donors (Lipinski definition) is 1. The second kappa shape index (κ2) is 7.02. The van der Waals surface area contributed by atoms with Gasteiger partial charge in [0, 0.05) is 19.6 Å². The van der Waals surface area contributed by atoms with Crippen LogP contribution in [0.3, 0.4) is 0 Å². The average Bonchev–Trinajstić information content (AvgIpc) is 2.46. The lowest BCUT2D eigenvalue weighted by molar-refractivity contribution is 0.278. The third-order valence-electron chi connectivity index (χ3n) is 3.57. The molecule has 0 aliphatic carbocycles. The summed E-state index contributed by atoms with van der Waals surface area (Å²) in [5, 5.41) is 0. The number of halogens is 1. The standard InChI is InChI=1S/C14H21BrN2O2S/c1-12-6-5-9-17(11-12)20(18,19)16-10-14(15)13-7-3-2-4-8-13/h2-4,7-8,12,14,16H,5-6,9-11H2,1H3. The molecule has 0 spiro atoms. The van der Waals surface area contributed by atoms with E-state index in [1.807, 2.05) is 30.3 Å². The second-order valence-corrected chi connectivity index (χ2v) is 8.20. The summed E-state index contributed by atoms with van der Waals surface area (Å²) in [6, 6.07) is 9.81. The van der Waals surface area contributed by atoms with E-state index >= 15 is 0 Å². The third kappa shape index (κ3) is 4.28. The summed E-state index contributed by atoms with van der Waals surface area (Å²) in [6.07, 6.45) is 2.05. The van der Waals surface area contributed by atoms with Crippen LogP contribution in [0, 0.1) is 5.92 Å². The van der Waals surface area contributed by atoms with E-state index in [2.05, 4.69) is 27.6 Å². The van der Waals surface area contributed by atoms with E-state index < -0.39 is 10.2 Å². The highest BCUT2D eigenvalue weighted by atomic mass is 79.9. The van der Waals surface area contributed by atoms with E-state index in [0.29, 0.717) is 25.6 Å². The number of nitrogens with zero attached hydrogens (tertiary/aromatic N) is 1. The minimum Gasteiger partial charge on any atom is -0.201 e. The summed E-state index contributed by atoms with van der Waals surface area (Å²) in [5.74, 6) is 0.439. The molecular formula is C14H21BrN2O2S. The average molecular weight is 361 g/mol. The number of benzene rings is 1. The van der Waals surface area contributed by atoms with E-state index in [4.69, 9.17) is 0 Å². The van der Waals surface area contributed by atoms with Gasteiger partial charge in [0.15, 0.2) is 0 Å². The lowest BCUT2D eigenvalue weighted by Crippen LogP contribution is -2.46. The Balaban J connectivity index is 1.92. The molecule has 1 N–H and O–H groups in total. The fraction of sp³-hybridized carbons (Fsp3) is 0.571. The van der Waals surface area contributed by atoms with E-state index in [1.54, 1.807) is 4.31 Å². The van der Waals surface area contributed by atoms with Crippen molar-refractivity contribution in [3.05, 3.63) is 35.9 Å². The van der Waals surface area contributed by atoms with E-state index in [9.17, 15) is 8.42 Å². The fourth-order valence-electron chi connectivity index (χ4n) is 2.41. The van der Waals surface area contributed by atoms with E-state index in [1.165, 1.54) is 0 Å². The summed E-state index contributed by atoms with van der Waals surface area (Å²) in [6.45, 7) is 3.70. The molecule has 112 valence electrons. The maximum absolute atomic E-state index is 12.3. The first-order valence-electron chi connectivity index (χ1n) is 6.93. The van der Waals surface area contributed by atoms with Crippen molar-refractivity contribution in [1.82, 2.24) is 9.03 Å². The van der Waals surface area contributed by atoms with E-state index in [-0.39, 0.29) is 4.83 Å². The van der Waals surface area contributed by atoms with Crippen LogP contribution in [0.5, 0.6) is 0 Å². The lowest BCUT2D eigenvalue weighted by Gasteiger charge is -2.30. The largest absolute Gasteiger partial charge is 0.279 e. The third-order valence-corrected chi connectivity index (χ3v) is 5.96. The zero-order valence-corrected chi connectivity index (χ0v) is 14.0. The first kappa shape index (κ1) is 15.9. The van der Waals surface area contributed by atoms with Gasteiger partial charge in [0.1, 0.15) is 0 Å². The maximum Gasteiger partial charge on any atom is 0.279 e. The Morgan fingerprint density at radius 2 is 2.10 bits per heavy atom. The molecule has 1 fully saturated rings. The van der Waals surface area contributed by atoms with Gasteiger partial charge in [-0.2, -0.15) is 12.7 Å². The lowest BCUT2D eigenvalue weighted by atomic mass is 10.0. The van der Waals surface area contributed by atoms with Gasteiger partial charge in [-0.3, -0.25) is 0 Å². The van der Waals surface area contributed by atoms with Gasteiger partial charge >= 0.3 is 0 Å². The molecule has 4 nitrogen and oxygen atoms in total. The van der Waals surface area contributed by atoms with Gasteiger partial charge in [0.25, 0.3) is 10.2 Å². The van der Waals surface area contributed by atoms with E-state index in [0.717, 1.165) is 18.4 Å². The molecule has 1 saturated heterocycles. The Bertz CT molecular complexity index is 521. The van der Waals surface area contributed by atoms with Crippen molar-refractivity contribution >= 4 is 26.1 Å². The number of alkyl halides is 1. The molecule has 1 aliphatic rings. The topological polar surface area (TPSA) is 49.4 Å². The first-order chi connectivity index (χ1) is 9.49. The van der Waals surface area contributed by atoms with Crippen molar-refractivity contribution in [2.75, 3.05) is 19.6 Å². The van der Waals surface area contributed by atoms with Crippen molar-refractivity contribution in [3.8, 4) is 0 Å². The summed E-state index contributed by atoms with van der Waals surface area (Å²) >= 11 is 3.53. The van der Waals surface area contributed by atoms with Crippen molar-refractivity contribution in [2.45, 2.75) is 24.6 Å². The zero-order chi connectivity index (χ0) is 14.6. The van der Waals surface area contributed by atoms with Crippen LogP contribution in [0.15, 0.2) is 30.3 Å². The zero-order valence-electron chi connectivity index (χ0n) is 11.6. The SMILES string of the molecule is CC1CCCN(S(=O)(=O)NCC(Br)c2ccccc2)C1. The van der Waals surface area contributed by atoms with Crippen molar-refractivity contribution in [2.24, 2.45) is 5.92 Å². The van der Waals surface area contributed by atoms with Crippen LogP contribution < -0.4 is 4.72 Å². The summed E-state index contributed by atoms with van der Waals surface area (Å²) in [7, 11) is -3.37. The molecular weight excluding hydrogens is 340 g/mol.